The van der Waals surface area contributed by atoms with Crippen molar-refractivity contribution in [1.82, 2.24) is 0 Å². The number of phenolic OH excluding ortho intramolecular Hbond substituents is 2. The molecule has 0 spiro atoms. The largest absolute Gasteiger partial charge is 0.508 e. The smallest absolute Gasteiger partial charge is 0.115 e. The van der Waals surface area contributed by atoms with Crippen molar-refractivity contribution in [2.24, 2.45) is 0 Å². The van der Waals surface area contributed by atoms with E-state index in [1.165, 1.54) is 44.5 Å². The van der Waals surface area contributed by atoms with Crippen LogP contribution in [0.25, 0.3) is 0 Å². The zero-order chi connectivity index (χ0) is 28.4. The van der Waals surface area contributed by atoms with Gasteiger partial charge in [-0.1, -0.05) is 107 Å². The van der Waals surface area contributed by atoms with Crippen LogP contribution < -0.4 is 0 Å². The van der Waals surface area contributed by atoms with Gasteiger partial charge in [0.05, 0.1) is 0 Å². The summed E-state index contributed by atoms with van der Waals surface area (Å²) in [7, 11) is 0. The first kappa shape index (κ1) is 27.1. The quantitative estimate of drug-likeness (QED) is 0.197. The van der Waals surface area contributed by atoms with E-state index in [4.69, 9.17) is 0 Å². The molecule has 0 radical (unpaired) electrons. The summed E-state index contributed by atoms with van der Waals surface area (Å²) in [6.45, 7) is 4.30. The number of hydrogen-bond donors (Lipinski definition) is 2. The van der Waals surface area contributed by atoms with Gasteiger partial charge in [0.25, 0.3) is 0 Å². The first-order valence-electron chi connectivity index (χ1n) is 15.0. The highest BCUT2D eigenvalue weighted by Crippen LogP contribution is 2.53. The molecule has 2 N–H and O–H groups in total. The highest BCUT2D eigenvalue weighted by molar-refractivity contribution is 5.48. The van der Waals surface area contributed by atoms with Crippen molar-refractivity contribution in [2.75, 3.05) is 0 Å². The van der Waals surface area contributed by atoms with E-state index in [2.05, 4.69) is 98.8 Å². The lowest BCUT2D eigenvalue weighted by Gasteiger charge is -2.43. The number of benzene rings is 4. The van der Waals surface area contributed by atoms with E-state index in [9.17, 15) is 10.2 Å². The monoisotopic (exact) mass is 540 g/mol. The summed E-state index contributed by atoms with van der Waals surface area (Å²) in [4.78, 5) is 0. The fraction of sp³-hybridized carbons (Fsp3) is 0.282. The third-order valence-corrected chi connectivity index (χ3v) is 9.48. The highest BCUT2D eigenvalue weighted by atomic mass is 16.3. The third kappa shape index (κ3) is 5.61. The SMILES string of the molecule is Cc1ccc(C(CC(CC(C2=CCC2)c2ccc(C)cc2)(c2ccc(O)cc2)c2ccc(O)cc2)C2=CCC2)cc1. The molecule has 208 valence electrons. The Balaban J connectivity index is 1.56. The van der Waals surface area contributed by atoms with Crippen LogP contribution in [0.5, 0.6) is 11.5 Å². The van der Waals surface area contributed by atoms with Crippen molar-refractivity contribution < 1.29 is 10.2 Å². The summed E-state index contributed by atoms with van der Waals surface area (Å²) in [5.74, 6) is 1.12. The van der Waals surface area contributed by atoms with Crippen LogP contribution in [0.3, 0.4) is 0 Å². The maximum atomic E-state index is 10.3. The Bertz CT molecular complexity index is 1420. The van der Waals surface area contributed by atoms with Crippen LogP contribution >= 0.6 is 0 Å². The standard InChI is InChI=1S/C39H40O2/c1-27-9-13-31(14-10-27)37(29-5-3-6-29)25-39(33-17-21-35(40)22-18-33,34-19-23-36(41)24-20-34)26-38(30-7-4-8-30)32-15-11-28(2)12-16-32/h5,7,9-24,37-38,40-41H,3-4,6,8,25-26H2,1-2H3. The fourth-order valence-corrected chi connectivity index (χ4v) is 6.76. The van der Waals surface area contributed by atoms with E-state index < -0.39 is 0 Å². The predicted octanol–water partition coefficient (Wildman–Crippen LogP) is 9.79. The van der Waals surface area contributed by atoms with Gasteiger partial charge in [0.2, 0.25) is 0 Å². The summed E-state index contributed by atoms with van der Waals surface area (Å²) in [6.07, 6.45) is 11.2. The Morgan fingerprint density at radius 1 is 0.537 bits per heavy atom. The lowest BCUT2D eigenvalue weighted by molar-refractivity contribution is 0.378. The number of allylic oxidation sites excluding steroid dienone is 4. The Kier molecular flexibility index (Phi) is 7.58. The summed E-state index contributed by atoms with van der Waals surface area (Å²) < 4.78 is 0. The van der Waals surface area contributed by atoms with Crippen molar-refractivity contribution in [3.63, 3.8) is 0 Å². The average Bonchev–Trinajstić information content (AvgIpc) is 2.91. The molecule has 0 amide bonds. The van der Waals surface area contributed by atoms with E-state index in [0.717, 1.165) is 38.5 Å². The number of aromatic hydroxyl groups is 2. The van der Waals surface area contributed by atoms with Crippen LogP contribution in [0.15, 0.2) is 120 Å². The molecule has 0 saturated carbocycles. The second-order valence-electron chi connectivity index (χ2n) is 12.1. The van der Waals surface area contributed by atoms with Crippen LogP contribution in [0.1, 0.15) is 83.7 Å². The fourth-order valence-electron chi connectivity index (χ4n) is 6.76. The topological polar surface area (TPSA) is 40.5 Å². The van der Waals surface area contributed by atoms with E-state index in [-0.39, 0.29) is 28.7 Å². The Labute approximate surface area is 244 Å². The van der Waals surface area contributed by atoms with Crippen LogP contribution in [0, 0.1) is 13.8 Å². The summed E-state index contributed by atoms with van der Waals surface area (Å²) in [5.41, 5.74) is 10.3. The molecule has 2 heteroatoms. The number of aryl methyl sites for hydroxylation is 2. The van der Waals surface area contributed by atoms with Gasteiger partial charge in [-0.2, -0.15) is 0 Å². The first-order chi connectivity index (χ1) is 19.9. The Hall–Kier alpha value is -4.04. The predicted molar refractivity (Wildman–Crippen MR) is 169 cm³/mol. The first-order valence-corrected chi connectivity index (χ1v) is 15.0. The van der Waals surface area contributed by atoms with Crippen molar-refractivity contribution in [3.05, 3.63) is 154 Å². The zero-order valence-electron chi connectivity index (χ0n) is 24.2. The van der Waals surface area contributed by atoms with E-state index in [0.29, 0.717) is 0 Å². The minimum Gasteiger partial charge on any atom is -0.508 e. The molecule has 6 rings (SSSR count). The van der Waals surface area contributed by atoms with Crippen molar-refractivity contribution in [2.45, 2.75) is 69.6 Å². The van der Waals surface area contributed by atoms with Crippen LogP contribution in [0.4, 0.5) is 0 Å². The van der Waals surface area contributed by atoms with Crippen molar-refractivity contribution >= 4 is 0 Å². The molecule has 0 fully saturated rings. The molecule has 2 aliphatic rings. The summed E-state index contributed by atoms with van der Waals surface area (Å²) >= 11 is 0. The molecule has 4 aromatic carbocycles. The van der Waals surface area contributed by atoms with Gasteiger partial charge in [-0.25, -0.2) is 0 Å². The molecule has 4 aromatic rings. The van der Waals surface area contributed by atoms with E-state index in [1.807, 2.05) is 24.3 Å². The molecule has 2 nitrogen and oxygen atoms in total. The molecule has 2 unspecified atom stereocenters. The van der Waals surface area contributed by atoms with E-state index in [1.54, 1.807) is 0 Å². The van der Waals surface area contributed by atoms with Gasteiger partial charge >= 0.3 is 0 Å². The maximum absolute atomic E-state index is 10.3. The normalized spacial score (nSPS) is 16.1. The van der Waals surface area contributed by atoms with Gasteiger partial charge in [0.1, 0.15) is 11.5 Å². The molecule has 2 atom stereocenters. The lowest BCUT2D eigenvalue weighted by atomic mass is 9.60. The molecular formula is C39H40O2. The molecule has 41 heavy (non-hydrogen) atoms. The van der Waals surface area contributed by atoms with Crippen LogP contribution in [-0.2, 0) is 5.41 Å². The number of rotatable bonds is 10. The molecular weight excluding hydrogens is 500 g/mol. The molecule has 0 heterocycles. The molecule has 0 bridgehead atoms. The third-order valence-electron chi connectivity index (χ3n) is 9.48. The van der Waals surface area contributed by atoms with Crippen molar-refractivity contribution in [3.8, 4) is 11.5 Å². The minimum atomic E-state index is -0.362. The van der Waals surface area contributed by atoms with Gasteiger partial charge in [-0.3, -0.25) is 0 Å². The molecule has 2 aliphatic carbocycles. The van der Waals surface area contributed by atoms with Crippen LogP contribution in [-0.4, -0.2) is 10.2 Å². The van der Waals surface area contributed by atoms with Gasteiger partial charge < -0.3 is 10.2 Å². The van der Waals surface area contributed by atoms with Crippen LogP contribution in [0.2, 0.25) is 0 Å². The molecule has 0 saturated heterocycles. The highest BCUT2D eigenvalue weighted by Gasteiger charge is 2.42. The minimum absolute atomic E-state index is 0.279. The van der Waals surface area contributed by atoms with Crippen molar-refractivity contribution in [1.29, 1.82) is 0 Å². The van der Waals surface area contributed by atoms with Gasteiger partial charge in [-0.15, -0.1) is 0 Å². The van der Waals surface area contributed by atoms with Gasteiger partial charge in [-0.05, 0) is 98.9 Å². The van der Waals surface area contributed by atoms with Gasteiger partial charge in [0.15, 0.2) is 0 Å². The molecule has 0 aliphatic heterocycles. The summed E-state index contributed by atoms with van der Waals surface area (Å²) in [5, 5.41) is 20.6. The Morgan fingerprint density at radius 2 is 0.878 bits per heavy atom. The lowest BCUT2D eigenvalue weighted by Crippen LogP contribution is -2.34. The average molecular weight is 541 g/mol. The summed E-state index contributed by atoms with van der Waals surface area (Å²) in [6, 6.07) is 34.0. The molecule has 0 aromatic heterocycles. The Morgan fingerprint density at radius 3 is 1.17 bits per heavy atom. The second kappa shape index (κ2) is 11.4. The second-order valence-corrected chi connectivity index (χ2v) is 12.1. The zero-order valence-corrected chi connectivity index (χ0v) is 24.2. The van der Waals surface area contributed by atoms with Gasteiger partial charge in [0, 0.05) is 17.3 Å². The number of phenols is 2. The maximum Gasteiger partial charge on any atom is 0.115 e. The van der Waals surface area contributed by atoms with E-state index >= 15 is 0 Å². The number of hydrogen-bond acceptors (Lipinski definition) is 2.